The van der Waals surface area contributed by atoms with E-state index in [4.69, 9.17) is 4.52 Å². The highest BCUT2D eigenvalue weighted by molar-refractivity contribution is 5.80. The third-order valence-corrected chi connectivity index (χ3v) is 4.30. The van der Waals surface area contributed by atoms with Crippen molar-refractivity contribution in [3.8, 4) is 0 Å². The number of guanidine groups is 1. The van der Waals surface area contributed by atoms with E-state index in [1.54, 1.807) is 0 Å². The van der Waals surface area contributed by atoms with Crippen molar-refractivity contribution in [1.29, 1.82) is 0 Å². The second-order valence-electron chi connectivity index (χ2n) is 6.81. The number of aromatic nitrogens is 2. The summed E-state index contributed by atoms with van der Waals surface area (Å²) in [4.78, 5) is 9.03. The van der Waals surface area contributed by atoms with Crippen LogP contribution in [0, 0.1) is 5.92 Å². The van der Waals surface area contributed by atoms with Crippen LogP contribution in [0.2, 0.25) is 0 Å². The zero-order chi connectivity index (χ0) is 16.7. The minimum atomic E-state index is 0.295. The molecule has 0 amide bonds. The molecule has 130 valence electrons. The summed E-state index contributed by atoms with van der Waals surface area (Å²) < 4.78 is 5.26. The van der Waals surface area contributed by atoms with Gasteiger partial charge >= 0.3 is 0 Å². The molecular formula is C17H31N5O. The second-order valence-corrected chi connectivity index (χ2v) is 6.81. The van der Waals surface area contributed by atoms with Crippen LogP contribution in [-0.2, 0) is 6.42 Å². The Balaban J connectivity index is 1.82. The minimum absolute atomic E-state index is 0.295. The molecule has 0 atom stereocenters. The molecule has 2 rings (SSSR count). The Bertz CT molecular complexity index is 489. The van der Waals surface area contributed by atoms with Crippen molar-refractivity contribution < 1.29 is 4.52 Å². The van der Waals surface area contributed by atoms with E-state index in [2.05, 4.69) is 53.5 Å². The Morgan fingerprint density at radius 2 is 2.04 bits per heavy atom. The number of hydrogen-bond donors (Lipinski definition) is 2. The molecule has 1 saturated carbocycles. The van der Waals surface area contributed by atoms with Crippen LogP contribution >= 0.6 is 0 Å². The highest BCUT2D eigenvalue weighted by Crippen LogP contribution is 2.23. The molecule has 0 bridgehead atoms. The maximum atomic E-state index is 5.26. The normalized spacial score (nSPS) is 22.4. The summed E-state index contributed by atoms with van der Waals surface area (Å²) in [6.07, 6.45) is 5.74. The Kier molecular flexibility index (Phi) is 6.86. The van der Waals surface area contributed by atoms with E-state index in [0.717, 1.165) is 24.2 Å². The zero-order valence-corrected chi connectivity index (χ0v) is 14.9. The number of hydrogen-bond acceptors (Lipinski definition) is 4. The van der Waals surface area contributed by atoms with E-state index in [1.807, 2.05) is 0 Å². The van der Waals surface area contributed by atoms with Crippen LogP contribution in [0.15, 0.2) is 9.52 Å². The first-order valence-corrected chi connectivity index (χ1v) is 8.95. The van der Waals surface area contributed by atoms with E-state index in [1.165, 1.54) is 25.7 Å². The third-order valence-electron chi connectivity index (χ3n) is 4.30. The Labute approximate surface area is 139 Å². The largest absolute Gasteiger partial charge is 0.357 e. The molecule has 0 aromatic carbocycles. The van der Waals surface area contributed by atoms with E-state index in [0.29, 0.717) is 30.8 Å². The molecule has 1 aliphatic carbocycles. The van der Waals surface area contributed by atoms with Gasteiger partial charge in [0.05, 0.1) is 6.54 Å². The number of nitrogens with one attached hydrogen (secondary N) is 2. The molecular weight excluding hydrogens is 290 g/mol. The summed E-state index contributed by atoms with van der Waals surface area (Å²) in [5.74, 6) is 3.49. The molecule has 0 aliphatic heterocycles. The van der Waals surface area contributed by atoms with Gasteiger partial charge in [-0.2, -0.15) is 4.98 Å². The maximum absolute atomic E-state index is 5.26. The second kappa shape index (κ2) is 8.89. The lowest BCUT2D eigenvalue weighted by molar-refractivity contribution is 0.329. The summed E-state index contributed by atoms with van der Waals surface area (Å²) >= 11 is 0. The first-order chi connectivity index (χ1) is 11.1. The van der Waals surface area contributed by atoms with E-state index >= 15 is 0 Å². The summed E-state index contributed by atoms with van der Waals surface area (Å²) in [7, 11) is 0. The van der Waals surface area contributed by atoms with Gasteiger partial charge in [0.15, 0.2) is 11.8 Å². The van der Waals surface area contributed by atoms with Gasteiger partial charge in [-0.25, -0.2) is 0 Å². The van der Waals surface area contributed by atoms with Gasteiger partial charge in [0.25, 0.3) is 0 Å². The van der Waals surface area contributed by atoms with Gasteiger partial charge in [0, 0.05) is 24.9 Å². The van der Waals surface area contributed by atoms with Gasteiger partial charge in [-0.15, -0.1) is 0 Å². The topological polar surface area (TPSA) is 75.3 Å². The fraction of sp³-hybridized carbons (Fsp3) is 0.824. The zero-order valence-electron chi connectivity index (χ0n) is 14.9. The summed E-state index contributed by atoms with van der Waals surface area (Å²) in [5, 5.41) is 10.9. The predicted molar refractivity (Wildman–Crippen MR) is 92.6 cm³/mol. The number of nitrogens with zero attached hydrogens (tertiary/aromatic N) is 3. The molecule has 6 nitrogen and oxygen atoms in total. The SMILES string of the molecule is CCNC(=NCCc1nc(C(C)C)no1)NC1CCC(C)CC1. The van der Waals surface area contributed by atoms with Crippen molar-refractivity contribution in [3.05, 3.63) is 11.7 Å². The van der Waals surface area contributed by atoms with Gasteiger partial charge in [0.1, 0.15) is 0 Å². The van der Waals surface area contributed by atoms with E-state index in [9.17, 15) is 0 Å². The van der Waals surface area contributed by atoms with Crippen LogP contribution in [0.5, 0.6) is 0 Å². The smallest absolute Gasteiger partial charge is 0.228 e. The molecule has 23 heavy (non-hydrogen) atoms. The lowest BCUT2D eigenvalue weighted by Crippen LogP contribution is -2.44. The van der Waals surface area contributed by atoms with E-state index in [-0.39, 0.29) is 0 Å². The van der Waals surface area contributed by atoms with Gasteiger partial charge in [-0.3, -0.25) is 4.99 Å². The van der Waals surface area contributed by atoms with Crippen molar-refractivity contribution in [2.45, 2.75) is 71.8 Å². The van der Waals surface area contributed by atoms with Crippen molar-refractivity contribution in [1.82, 2.24) is 20.8 Å². The molecule has 1 aromatic rings. The highest BCUT2D eigenvalue weighted by Gasteiger charge is 2.18. The molecule has 0 spiro atoms. The molecule has 0 radical (unpaired) electrons. The fourth-order valence-electron chi connectivity index (χ4n) is 2.79. The summed E-state index contributed by atoms with van der Waals surface area (Å²) in [6.45, 7) is 10.1. The molecule has 2 N–H and O–H groups in total. The molecule has 0 unspecified atom stereocenters. The summed E-state index contributed by atoms with van der Waals surface area (Å²) in [5.41, 5.74) is 0. The van der Waals surface area contributed by atoms with Crippen molar-refractivity contribution in [2.24, 2.45) is 10.9 Å². The van der Waals surface area contributed by atoms with Crippen molar-refractivity contribution >= 4 is 5.96 Å². The standard InChI is InChI=1S/C17H31N5O/c1-5-18-17(20-14-8-6-13(4)7-9-14)19-11-10-15-21-16(12(2)3)22-23-15/h12-14H,5-11H2,1-4H3,(H2,18,19,20). The van der Waals surface area contributed by atoms with Crippen LogP contribution in [0.1, 0.15) is 71.0 Å². The quantitative estimate of drug-likeness (QED) is 0.622. The first kappa shape index (κ1) is 17.8. The van der Waals surface area contributed by atoms with Crippen molar-refractivity contribution in [3.63, 3.8) is 0 Å². The van der Waals surface area contributed by atoms with Crippen LogP contribution in [0.4, 0.5) is 0 Å². The average molecular weight is 321 g/mol. The highest BCUT2D eigenvalue weighted by atomic mass is 16.5. The Hall–Kier alpha value is -1.59. The molecule has 1 heterocycles. The van der Waals surface area contributed by atoms with Crippen molar-refractivity contribution in [2.75, 3.05) is 13.1 Å². The first-order valence-electron chi connectivity index (χ1n) is 8.95. The van der Waals surface area contributed by atoms with Crippen LogP contribution in [-0.4, -0.2) is 35.2 Å². The van der Waals surface area contributed by atoms with Crippen LogP contribution in [0.3, 0.4) is 0 Å². The number of rotatable bonds is 6. The number of aliphatic imine (C=N–C) groups is 1. The molecule has 6 heteroatoms. The molecule has 1 aromatic heterocycles. The maximum Gasteiger partial charge on any atom is 0.228 e. The molecule has 1 aliphatic rings. The predicted octanol–water partition coefficient (Wildman–Crippen LogP) is 2.87. The fourth-order valence-corrected chi connectivity index (χ4v) is 2.79. The van der Waals surface area contributed by atoms with Gasteiger partial charge < -0.3 is 15.2 Å². The van der Waals surface area contributed by atoms with Gasteiger partial charge in [0.2, 0.25) is 5.89 Å². The third kappa shape index (κ3) is 5.84. The van der Waals surface area contributed by atoms with Gasteiger partial charge in [-0.1, -0.05) is 25.9 Å². The Morgan fingerprint density at radius 1 is 1.30 bits per heavy atom. The van der Waals surface area contributed by atoms with E-state index < -0.39 is 0 Å². The lowest BCUT2D eigenvalue weighted by atomic mass is 9.87. The average Bonchev–Trinajstić information content (AvgIpc) is 2.99. The monoisotopic (exact) mass is 321 g/mol. The Morgan fingerprint density at radius 3 is 2.65 bits per heavy atom. The lowest BCUT2D eigenvalue weighted by Gasteiger charge is -2.28. The summed E-state index contributed by atoms with van der Waals surface area (Å²) in [6, 6.07) is 0.542. The van der Waals surface area contributed by atoms with Crippen LogP contribution < -0.4 is 10.6 Å². The minimum Gasteiger partial charge on any atom is -0.357 e. The van der Waals surface area contributed by atoms with Gasteiger partial charge in [-0.05, 0) is 38.5 Å². The molecule has 1 fully saturated rings. The van der Waals surface area contributed by atoms with Crippen LogP contribution in [0.25, 0.3) is 0 Å². The molecule has 0 saturated heterocycles.